The number of benzene rings is 3. The molecule has 0 heterocycles. The molecule has 0 aliphatic heterocycles. The molecule has 0 atom stereocenters. The molecule has 0 bridgehead atoms. The predicted octanol–water partition coefficient (Wildman–Crippen LogP) is 2.07. The van der Waals surface area contributed by atoms with E-state index in [1.807, 2.05) is 0 Å². The molecule has 1 amide bonds. The SMILES string of the molecule is NNC(=O)c1ccc(OC(=O)c2ccc(O)cc2O)c2ccccc12. The maximum absolute atomic E-state index is 12.3. The number of fused-ring (bicyclic) bond motifs is 1. The van der Waals surface area contributed by atoms with Gasteiger partial charge in [-0.3, -0.25) is 10.2 Å². The summed E-state index contributed by atoms with van der Waals surface area (Å²) in [5.74, 6) is 3.58. The third-order valence-electron chi connectivity index (χ3n) is 3.66. The summed E-state index contributed by atoms with van der Waals surface area (Å²) in [4.78, 5) is 24.2. The summed E-state index contributed by atoms with van der Waals surface area (Å²) in [6.07, 6.45) is 0. The standard InChI is InChI=1S/C18H14N2O5/c19-20-17(23)13-7-8-16(12-4-2-1-3-11(12)13)25-18(24)14-6-5-10(21)9-15(14)22/h1-9,21-22H,19H2,(H,20,23). The van der Waals surface area contributed by atoms with E-state index in [1.54, 1.807) is 24.3 Å². The van der Waals surface area contributed by atoms with Gasteiger partial charge in [0.05, 0.1) is 0 Å². The summed E-state index contributed by atoms with van der Waals surface area (Å²) >= 11 is 0. The van der Waals surface area contributed by atoms with E-state index in [1.165, 1.54) is 24.3 Å². The number of nitrogens with one attached hydrogen (secondary N) is 1. The van der Waals surface area contributed by atoms with Crippen LogP contribution < -0.4 is 16.0 Å². The Morgan fingerprint density at radius 3 is 2.28 bits per heavy atom. The van der Waals surface area contributed by atoms with E-state index in [2.05, 4.69) is 5.43 Å². The second-order valence-electron chi connectivity index (χ2n) is 5.22. The molecule has 5 N–H and O–H groups in total. The molecule has 3 rings (SSSR count). The molecule has 0 aliphatic carbocycles. The summed E-state index contributed by atoms with van der Waals surface area (Å²) in [6, 6.07) is 13.4. The predicted molar refractivity (Wildman–Crippen MR) is 90.3 cm³/mol. The molecule has 0 fully saturated rings. The molecule has 7 nitrogen and oxygen atoms in total. The lowest BCUT2D eigenvalue weighted by Crippen LogP contribution is -2.30. The van der Waals surface area contributed by atoms with Crippen molar-refractivity contribution in [2.75, 3.05) is 0 Å². The zero-order valence-corrected chi connectivity index (χ0v) is 12.9. The quantitative estimate of drug-likeness (QED) is 0.191. The van der Waals surface area contributed by atoms with Gasteiger partial charge in [0, 0.05) is 17.0 Å². The van der Waals surface area contributed by atoms with Gasteiger partial charge < -0.3 is 14.9 Å². The van der Waals surface area contributed by atoms with E-state index in [-0.39, 0.29) is 17.1 Å². The Hall–Kier alpha value is -3.58. The number of carbonyl (C=O) groups is 2. The highest BCUT2D eigenvalue weighted by molar-refractivity contribution is 6.09. The van der Waals surface area contributed by atoms with Crippen LogP contribution in [0.25, 0.3) is 10.8 Å². The number of rotatable bonds is 3. The number of hydrogen-bond acceptors (Lipinski definition) is 6. The van der Waals surface area contributed by atoms with Crippen molar-refractivity contribution in [2.24, 2.45) is 5.84 Å². The second-order valence-corrected chi connectivity index (χ2v) is 5.22. The van der Waals surface area contributed by atoms with Crippen LogP contribution in [0.3, 0.4) is 0 Å². The van der Waals surface area contributed by atoms with Crippen molar-refractivity contribution in [1.29, 1.82) is 0 Å². The van der Waals surface area contributed by atoms with Crippen molar-refractivity contribution in [3.8, 4) is 17.2 Å². The molecule has 0 aromatic heterocycles. The number of ether oxygens (including phenoxy) is 1. The van der Waals surface area contributed by atoms with Crippen molar-refractivity contribution in [3.63, 3.8) is 0 Å². The van der Waals surface area contributed by atoms with Gasteiger partial charge in [-0.15, -0.1) is 0 Å². The number of hydrogen-bond donors (Lipinski definition) is 4. The molecular weight excluding hydrogens is 324 g/mol. The fourth-order valence-corrected chi connectivity index (χ4v) is 2.48. The van der Waals surface area contributed by atoms with E-state index >= 15 is 0 Å². The lowest BCUT2D eigenvalue weighted by molar-refractivity contribution is 0.0734. The average Bonchev–Trinajstić information content (AvgIpc) is 2.61. The van der Waals surface area contributed by atoms with E-state index in [0.717, 1.165) is 6.07 Å². The van der Waals surface area contributed by atoms with Crippen LogP contribution in [-0.4, -0.2) is 22.1 Å². The molecule has 0 unspecified atom stereocenters. The number of nitrogens with two attached hydrogens (primary N) is 1. The fraction of sp³-hybridized carbons (Fsp3) is 0. The molecule has 0 radical (unpaired) electrons. The van der Waals surface area contributed by atoms with Gasteiger partial charge in [0.1, 0.15) is 22.8 Å². The number of hydrazine groups is 1. The highest BCUT2D eigenvalue weighted by Gasteiger charge is 2.17. The molecule has 0 saturated carbocycles. The van der Waals surface area contributed by atoms with Crippen molar-refractivity contribution < 1.29 is 24.5 Å². The summed E-state index contributed by atoms with van der Waals surface area (Å²) in [5.41, 5.74) is 2.32. The lowest BCUT2D eigenvalue weighted by atomic mass is 10.0. The van der Waals surface area contributed by atoms with Gasteiger partial charge in [-0.2, -0.15) is 0 Å². The molecular formula is C18H14N2O5. The molecule has 7 heteroatoms. The number of phenols is 2. The molecule has 3 aromatic rings. The zero-order valence-electron chi connectivity index (χ0n) is 12.9. The second kappa shape index (κ2) is 6.50. The van der Waals surface area contributed by atoms with Gasteiger partial charge in [-0.05, 0) is 29.7 Å². The number of nitrogen functional groups attached to an aromatic ring is 1. The Labute approximate surface area is 142 Å². The fourth-order valence-electron chi connectivity index (χ4n) is 2.48. The van der Waals surface area contributed by atoms with Gasteiger partial charge in [0.25, 0.3) is 5.91 Å². The highest BCUT2D eigenvalue weighted by Crippen LogP contribution is 2.30. The molecule has 0 spiro atoms. The monoisotopic (exact) mass is 338 g/mol. The third kappa shape index (κ3) is 3.08. The number of phenolic OH excluding ortho intramolecular Hbond substituents is 2. The van der Waals surface area contributed by atoms with Crippen LogP contribution in [0.2, 0.25) is 0 Å². The van der Waals surface area contributed by atoms with Gasteiger partial charge >= 0.3 is 5.97 Å². The van der Waals surface area contributed by atoms with Crippen molar-refractivity contribution in [2.45, 2.75) is 0 Å². The molecule has 25 heavy (non-hydrogen) atoms. The Bertz CT molecular complexity index is 984. The van der Waals surface area contributed by atoms with Gasteiger partial charge in [0.15, 0.2) is 0 Å². The summed E-state index contributed by atoms with van der Waals surface area (Å²) in [5, 5.41) is 20.2. The average molecular weight is 338 g/mol. The number of aromatic hydroxyl groups is 2. The van der Waals surface area contributed by atoms with Crippen LogP contribution in [0.1, 0.15) is 20.7 Å². The Morgan fingerprint density at radius 2 is 1.60 bits per heavy atom. The van der Waals surface area contributed by atoms with E-state index in [4.69, 9.17) is 10.6 Å². The minimum absolute atomic E-state index is 0.0920. The third-order valence-corrected chi connectivity index (χ3v) is 3.66. The molecule has 0 saturated heterocycles. The first-order valence-corrected chi connectivity index (χ1v) is 7.28. The highest BCUT2D eigenvalue weighted by atomic mass is 16.5. The molecule has 0 aliphatic rings. The summed E-state index contributed by atoms with van der Waals surface area (Å²) in [7, 11) is 0. The number of carbonyl (C=O) groups excluding carboxylic acids is 2. The van der Waals surface area contributed by atoms with Crippen LogP contribution in [0, 0.1) is 0 Å². The van der Waals surface area contributed by atoms with Gasteiger partial charge in [-0.25, -0.2) is 10.6 Å². The first kappa shape index (κ1) is 16.3. The maximum Gasteiger partial charge on any atom is 0.347 e. The van der Waals surface area contributed by atoms with E-state index in [9.17, 15) is 19.8 Å². The molecule has 126 valence electrons. The van der Waals surface area contributed by atoms with Crippen molar-refractivity contribution >= 4 is 22.6 Å². The largest absolute Gasteiger partial charge is 0.508 e. The maximum atomic E-state index is 12.3. The van der Waals surface area contributed by atoms with Gasteiger partial charge in [0.2, 0.25) is 0 Å². The van der Waals surface area contributed by atoms with Crippen LogP contribution in [0.5, 0.6) is 17.2 Å². The smallest absolute Gasteiger partial charge is 0.347 e. The zero-order chi connectivity index (χ0) is 18.0. The van der Waals surface area contributed by atoms with Crippen LogP contribution in [-0.2, 0) is 0 Å². The number of esters is 1. The topological polar surface area (TPSA) is 122 Å². The first-order chi connectivity index (χ1) is 12.0. The van der Waals surface area contributed by atoms with Crippen LogP contribution in [0.15, 0.2) is 54.6 Å². The first-order valence-electron chi connectivity index (χ1n) is 7.28. The Balaban J connectivity index is 2.02. The van der Waals surface area contributed by atoms with Crippen LogP contribution in [0.4, 0.5) is 0 Å². The van der Waals surface area contributed by atoms with Crippen LogP contribution >= 0.6 is 0 Å². The Morgan fingerprint density at radius 1 is 0.920 bits per heavy atom. The normalized spacial score (nSPS) is 10.4. The summed E-state index contributed by atoms with van der Waals surface area (Å²) in [6.45, 7) is 0. The Kier molecular flexibility index (Phi) is 4.23. The lowest BCUT2D eigenvalue weighted by Gasteiger charge is -2.11. The number of amides is 1. The summed E-state index contributed by atoms with van der Waals surface area (Å²) < 4.78 is 5.36. The van der Waals surface area contributed by atoms with Gasteiger partial charge in [-0.1, -0.05) is 24.3 Å². The minimum atomic E-state index is -0.793. The van der Waals surface area contributed by atoms with E-state index < -0.39 is 17.6 Å². The minimum Gasteiger partial charge on any atom is -0.508 e. The van der Waals surface area contributed by atoms with E-state index in [0.29, 0.717) is 16.3 Å². The van der Waals surface area contributed by atoms with Crippen molar-refractivity contribution in [1.82, 2.24) is 5.43 Å². The molecule has 3 aromatic carbocycles. The van der Waals surface area contributed by atoms with Crippen molar-refractivity contribution in [3.05, 3.63) is 65.7 Å².